The van der Waals surface area contributed by atoms with Gasteiger partial charge in [-0.2, -0.15) is 0 Å². The SMILES string of the molecule is O=C(O)Nc1ccc(CNC(=O)[C@H](CCCS(=O)[O-])NC(=O)OCC2c3ccccc3-c3ccccc32)cc1. The third-order valence-electron chi connectivity index (χ3n) is 6.43. The number of hydrogen-bond acceptors (Lipinski definition) is 6. The molecule has 10 nitrogen and oxygen atoms in total. The van der Waals surface area contributed by atoms with Gasteiger partial charge in [-0.05, 0) is 52.8 Å². The molecule has 0 bridgehead atoms. The summed E-state index contributed by atoms with van der Waals surface area (Å²) in [6.07, 6.45) is -1.68. The van der Waals surface area contributed by atoms with E-state index in [-0.39, 0.29) is 37.7 Å². The topological polar surface area (TPSA) is 157 Å². The molecule has 4 rings (SSSR count). The summed E-state index contributed by atoms with van der Waals surface area (Å²) < 4.78 is 27.5. The molecule has 11 heteroatoms. The fourth-order valence-electron chi connectivity index (χ4n) is 4.60. The van der Waals surface area contributed by atoms with Crippen molar-refractivity contribution in [3.05, 3.63) is 89.5 Å². The molecule has 1 aliphatic rings. The minimum atomic E-state index is -2.27. The van der Waals surface area contributed by atoms with Gasteiger partial charge in [0, 0.05) is 23.9 Å². The van der Waals surface area contributed by atoms with E-state index in [4.69, 9.17) is 9.84 Å². The van der Waals surface area contributed by atoms with Gasteiger partial charge in [0.15, 0.2) is 0 Å². The van der Waals surface area contributed by atoms with Gasteiger partial charge in [-0.1, -0.05) is 71.7 Å². The Kier molecular flexibility index (Phi) is 9.29. The van der Waals surface area contributed by atoms with Gasteiger partial charge < -0.3 is 25.0 Å². The highest BCUT2D eigenvalue weighted by atomic mass is 32.2. The second-order valence-corrected chi connectivity index (χ2v) is 10.0. The lowest BCUT2D eigenvalue weighted by Crippen LogP contribution is -2.47. The Labute approximate surface area is 228 Å². The molecule has 0 fully saturated rings. The van der Waals surface area contributed by atoms with Gasteiger partial charge in [-0.15, -0.1) is 0 Å². The molecule has 0 aromatic heterocycles. The van der Waals surface area contributed by atoms with Crippen LogP contribution in [-0.4, -0.2) is 50.4 Å². The number of carbonyl (C=O) groups excluding carboxylic acids is 2. The number of carboxylic acid groups (broad SMARTS) is 1. The van der Waals surface area contributed by atoms with Gasteiger partial charge in [0.05, 0.1) is 0 Å². The Hall–Kier alpha value is -4.22. The standard InChI is InChI=1S/C28H29N3O7S/c32-26(29-16-18-11-13-19(14-12-18)30-27(33)34)25(10-5-15-39(36)37)31-28(35)38-17-24-22-8-3-1-6-20(22)21-7-2-4-9-23(21)24/h1-4,6-9,11-14,24-25,30H,5,10,15-17H2,(H,29,32)(H,31,35)(H,33,34)(H,36,37)/p-1/t25-/m0/s1. The third-order valence-corrected chi connectivity index (χ3v) is 7.05. The molecule has 204 valence electrons. The van der Waals surface area contributed by atoms with E-state index in [9.17, 15) is 23.1 Å². The number of nitrogens with one attached hydrogen (secondary N) is 3. The third kappa shape index (κ3) is 7.43. The Bertz CT molecular complexity index is 1320. The lowest BCUT2D eigenvalue weighted by Gasteiger charge is -2.20. The molecular formula is C28H28N3O7S-. The van der Waals surface area contributed by atoms with Crippen LogP contribution in [0, 0.1) is 0 Å². The fourth-order valence-corrected chi connectivity index (χ4v) is 5.00. The highest BCUT2D eigenvalue weighted by molar-refractivity contribution is 7.79. The van der Waals surface area contributed by atoms with Crippen molar-refractivity contribution in [1.29, 1.82) is 0 Å². The highest BCUT2D eigenvalue weighted by Gasteiger charge is 2.29. The summed E-state index contributed by atoms with van der Waals surface area (Å²) in [4.78, 5) is 36.4. The van der Waals surface area contributed by atoms with Crippen molar-refractivity contribution in [2.45, 2.75) is 31.3 Å². The molecule has 0 saturated heterocycles. The summed E-state index contributed by atoms with van der Waals surface area (Å²) in [5, 5.41) is 16.3. The summed E-state index contributed by atoms with van der Waals surface area (Å²) in [5.41, 5.74) is 5.40. The van der Waals surface area contributed by atoms with Crippen LogP contribution in [0.15, 0.2) is 72.8 Å². The number of ether oxygens (including phenoxy) is 1. The zero-order valence-electron chi connectivity index (χ0n) is 20.9. The van der Waals surface area contributed by atoms with Crippen molar-refractivity contribution < 1.29 is 33.0 Å². The maximum absolute atomic E-state index is 12.9. The predicted molar refractivity (Wildman–Crippen MR) is 145 cm³/mol. The Morgan fingerprint density at radius 3 is 2.15 bits per heavy atom. The first-order valence-corrected chi connectivity index (χ1v) is 13.6. The summed E-state index contributed by atoms with van der Waals surface area (Å²) in [7, 11) is 0. The van der Waals surface area contributed by atoms with Gasteiger partial charge in [0.2, 0.25) is 5.91 Å². The number of amides is 3. The van der Waals surface area contributed by atoms with Crippen LogP contribution in [0.1, 0.15) is 35.4 Å². The van der Waals surface area contributed by atoms with E-state index in [2.05, 4.69) is 16.0 Å². The zero-order valence-corrected chi connectivity index (χ0v) is 21.7. The number of hydrogen-bond donors (Lipinski definition) is 4. The molecule has 3 aromatic rings. The van der Waals surface area contributed by atoms with Crippen molar-refractivity contribution in [3.8, 4) is 11.1 Å². The fraction of sp³-hybridized carbons (Fsp3) is 0.250. The largest absolute Gasteiger partial charge is 0.772 e. The molecule has 1 unspecified atom stereocenters. The van der Waals surface area contributed by atoms with E-state index in [1.807, 2.05) is 48.5 Å². The average Bonchev–Trinajstić information content (AvgIpc) is 3.24. The lowest BCUT2D eigenvalue weighted by atomic mass is 9.98. The van der Waals surface area contributed by atoms with E-state index in [0.29, 0.717) is 11.3 Å². The Morgan fingerprint density at radius 1 is 0.949 bits per heavy atom. The van der Waals surface area contributed by atoms with E-state index in [0.717, 1.165) is 22.3 Å². The van der Waals surface area contributed by atoms with Crippen LogP contribution in [-0.2, 0) is 27.2 Å². The molecule has 4 N–H and O–H groups in total. The summed E-state index contributed by atoms with van der Waals surface area (Å²) in [6.45, 7) is 0.206. The van der Waals surface area contributed by atoms with Crippen molar-refractivity contribution in [2.24, 2.45) is 0 Å². The van der Waals surface area contributed by atoms with Gasteiger partial charge in [-0.25, -0.2) is 9.59 Å². The molecule has 0 radical (unpaired) electrons. The van der Waals surface area contributed by atoms with Gasteiger partial charge in [0.25, 0.3) is 0 Å². The molecule has 3 amide bonds. The zero-order chi connectivity index (χ0) is 27.8. The van der Waals surface area contributed by atoms with Crippen LogP contribution >= 0.6 is 0 Å². The summed E-state index contributed by atoms with van der Waals surface area (Å²) >= 11 is -2.27. The van der Waals surface area contributed by atoms with Crippen LogP contribution in [0.25, 0.3) is 11.1 Å². The molecule has 0 heterocycles. The lowest BCUT2D eigenvalue weighted by molar-refractivity contribution is -0.123. The minimum Gasteiger partial charge on any atom is -0.772 e. The maximum atomic E-state index is 12.9. The van der Waals surface area contributed by atoms with Gasteiger partial charge in [-0.3, -0.25) is 14.3 Å². The summed E-state index contributed by atoms with van der Waals surface area (Å²) in [6, 6.07) is 21.3. The predicted octanol–water partition coefficient (Wildman–Crippen LogP) is 3.96. The van der Waals surface area contributed by atoms with Crippen molar-refractivity contribution in [1.82, 2.24) is 10.6 Å². The molecule has 0 saturated carbocycles. The van der Waals surface area contributed by atoms with E-state index in [1.165, 1.54) is 0 Å². The number of alkyl carbamates (subject to hydrolysis) is 1. The van der Waals surface area contributed by atoms with Crippen molar-refractivity contribution in [3.63, 3.8) is 0 Å². The Morgan fingerprint density at radius 2 is 1.56 bits per heavy atom. The van der Waals surface area contributed by atoms with E-state index in [1.54, 1.807) is 24.3 Å². The highest BCUT2D eigenvalue weighted by Crippen LogP contribution is 2.44. The average molecular weight is 551 g/mol. The van der Waals surface area contributed by atoms with Crippen molar-refractivity contribution >= 4 is 34.9 Å². The normalized spacial score (nSPS) is 13.5. The quantitative estimate of drug-likeness (QED) is 0.263. The molecular weight excluding hydrogens is 522 g/mol. The number of benzene rings is 3. The second-order valence-electron chi connectivity index (χ2n) is 9.02. The minimum absolute atomic E-state index is 0.0789. The molecule has 39 heavy (non-hydrogen) atoms. The molecule has 3 aromatic carbocycles. The first-order valence-electron chi connectivity index (χ1n) is 12.4. The number of rotatable bonds is 11. The smallest absolute Gasteiger partial charge is 0.409 e. The van der Waals surface area contributed by atoms with Gasteiger partial charge in [0.1, 0.15) is 12.6 Å². The van der Waals surface area contributed by atoms with E-state index < -0.39 is 35.2 Å². The second kappa shape index (κ2) is 13.0. The maximum Gasteiger partial charge on any atom is 0.409 e. The number of carbonyl (C=O) groups is 3. The number of fused-ring (bicyclic) bond motifs is 3. The molecule has 1 aliphatic carbocycles. The number of anilines is 1. The molecule has 0 spiro atoms. The van der Waals surface area contributed by atoms with Crippen LogP contribution in [0.2, 0.25) is 0 Å². The molecule has 0 aliphatic heterocycles. The van der Waals surface area contributed by atoms with Gasteiger partial charge >= 0.3 is 12.2 Å². The molecule has 2 atom stereocenters. The van der Waals surface area contributed by atoms with E-state index >= 15 is 0 Å². The van der Waals surface area contributed by atoms with Crippen LogP contribution in [0.3, 0.4) is 0 Å². The van der Waals surface area contributed by atoms with Crippen LogP contribution in [0.5, 0.6) is 0 Å². The Balaban J connectivity index is 1.36. The first kappa shape index (κ1) is 27.8. The monoisotopic (exact) mass is 550 g/mol. The van der Waals surface area contributed by atoms with Crippen LogP contribution in [0.4, 0.5) is 15.3 Å². The summed E-state index contributed by atoms with van der Waals surface area (Å²) in [5.74, 6) is -0.779. The van der Waals surface area contributed by atoms with Crippen molar-refractivity contribution in [2.75, 3.05) is 17.7 Å². The first-order chi connectivity index (χ1) is 18.8. The van der Waals surface area contributed by atoms with Crippen LogP contribution < -0.4 is 16.0 Å².